The molecular weight excluding hydrogens is 417 g/mol. The summed E-state index contributed by atoms with van der Waals surface area (Å²) < 4.78 is 39.6. The normalized spacial score (nSPS) is 11.1. The molecule has 0 radical (unpaired) electrons. The van der Waals surface area contributed by atoms with Gasteiger partial charge in [0, 0.05) is 0 Å². The topological polar surface area (TPSA) is 94.9 Å². The maximum Gasteiger partial charge on any atom is 0.416 e. The maximum absolute atomic E-state index is 12.9. The highest BCUT2D eigenvalue weighted by molar-refractivity contribution is 7.18. The SMILES string of the molecule is N#CCNC(=O)CNC(=O)Cc1nc2cc(-c3cccc(C(F)(F)F)c3)ccc2s1. The van der Waals surface area contributed by atoms with E-state index in [-0.39, 0.29) is 19.5 Å². The molecule has 0 aliphatic heterocycles. The maximum atomic E-state index is 12.9. The van der Waals surface area contributed by atoms with Crippen LogP contribution in [0.4, 0.5) is 13.2 Å². The van der Waals surface area contributed by atoms with Crippen LogP contribution >= 0.6 is 11.3 Å². The standard InChI is InChI=1S/C20H15F3N4O2S/c21-20(22,23)14-3-1-2-12(8-14)13-4-5-16-15(9-13)27-19(30-16)10-17(28)26-11-18(29)25-7-6-24/h1-5,8-9H,7,10-11H2,(H,25,29)(H,26,28). The summed E-state index contributed by atoms with van der Waals surface area (Å²) in [6.45, 7) is -0.383. The average molecular weight is 432 g/mol. The van der Waals surface area contributed by atoms with Gasteiger partial charge in [0.15, 0.2) is 0 Å². The smallest absolute Gasteiger partial charge is 0.347 e. The Kier molecular flexibility index (Phi) is 6.32. The molecule has 1 heterocycles. The van der Waals surface area contributed by atoms with E-state index in [4.69, 9.17) is 5.26 Å². The van der Waals surface area contributed by atoms with Gasteiger partial charge in [-0.2, -0.15) is 18.4 Å². The van der Waals surface area contributed by atoms with Gasteiger partial charge in [-0.05, 0) is 35.4 Å². The summed E-state index contributed by atoms with van der Waals surface area (Å²) in [4.78, 5) is 27.8. The molecule has 1 aromatic heterocycles. The molecule has 0 unspecified atom stereocenters. The zero-order valence-electron chi connectivity index (χ0n) is 15.4. The first-order valence-corrected chi connectivity index (χ1v) is 9.55. The summed E-state index contributed by atoms with van der Waals surface area (Å²) in [6, 6.07) is 11.9. The Morgan fingerprint density at radius 3 is 2.57 bits per heavy atom. The second kappa shape index (κ2) is 8.92. The zero-order chi connectivity index (χ0) is 21.7. The number of benzene rings is 2. The third-order valence-electron chi connectivity index (χ3n) is 4.08. The number of carbonyl (C=O) groups is 2. The van der Waals surface area contributed by atoms with Crippen molar-refractivity contribution >= 4 is 33.4 Å². The molecule has 10 heteroatoms. The van der Waals surface area contributed by atoms with Crippen molar-refractivity contribution in [1.29, 1.82) is 5.26 Å². The Labute approximate surface area is 173 Å². The number of hydrogen-bond acceptors (Lipinski definition) is 5. The predicted octanol–water partition coefficient (Wildman–Crippen LogP) is 3.28. The molecule has 2 amide bonds. The third-order valence-corrected chi connectivity index (χ3v) is 5.11. The zero-order valence-corrected chi connectivity index (χ0v) is 16.2. The predicted molar refractivity (Wildman–Crippen MR) is 105 cm³/mol. The summed E-state index contributed by atoms with van der Waals surface area (Å²) in [5.74, 6) is -0.876. The van der Waals surface area contributed by atoms with Crippen LogP contribution in [0, 0.1) is 11.3 Å². The Hall–Kier alpha value is -3.45. The summed E-state index contributed by atoms with van der Waals surface area (Å²) in [7, 11) is 0. The number of nitrogens with one attached hydrogen (secondary N) is 2. The number of thiazole rings is 1. The van der Waals surface area contributed by atoms with Crippen LogP contribution in [0.3, 0.4) is 0 Å². The van der Waals surface area contributed by atoms with Crippen molar-refractivity contribution in [3.05, 3.63) is 53.0 Å². The molecule has 2 aromatic carbocycles. The lowest BCUT2D eigenvalue weighted by Gasteiger charge is -2.08. The number of halogens is 3. The number of fused-ring (bicyclic) bond motifs is 1. The van der Waals surface area contributed by atoms with Gasteiger partial charge < -0.3 is 10.6 Å². The highest BCUT2D eigenvalue weighted by Gasteiger charge is 2.30. The van der Waals surface area contributed by atoms with Crippen LogP contribution in [-0.2, 0) is 22.2 Å². The number of nitriles is 1. The van der Waals surface area contributed by atoms with E-state index in [1.54, 1.807) is 30.3 Å². The van der Waals surface area contributed by atoms with Gasteiger partial charge in [-0.15, -0.1) is 11.3 Å². The van der Waals surface area contributed by atoms with Gasteiger partial charge in [-0.3, -0.25) is 9.59 Å². The molecule has 0 saturated heterocycles. The van der Waals surface area contributed by atoms with Crippen molar-refractivity contribution in [1.82, 2.24) is 15.6 Å². The van der Waals surface area contributed by atoms with Crippen molar-refractivity contribution in [2.45, 2.75) is 12.6 Å². The Bertz CT molecular complexity index is 1140. The summed E-state index contributed by atoms with van der Waals surface area (Å²) >= 11 is 1.29. The Morgan fingerprint density at radius 1 is 1.07 bits per heavy atom. The largest absolute Gasteiger partial charge is 0.416 e. The van der Waals surface area contributed by atoms with Crippen molar-refractivity contribution in [2.24, 2.45) is 0 Å². The van der Waals surface area contributed by atoms with E-state index in [1.165, 1.54) is 17.4 Å². The van der Waals surface area contributed by atoms with Gasteiger partial charge >= 0.3 is 6.18 Å². The van der Waals surface area contributed by atoms with Crippen LogP contribution in [0.1, 0.15) is 10.6 Å². The van der Waals surface area contributed by atoms with Crippen molar-refractivity contribution in [3.63, 3.8) is 0 Å². The first kappa shape index (κ1) is 21.3. The fourth-order valence-electron chi connectivity index (χ4n) is 2.68. The molecule has 0 atom stereocenters. The van der Waals surface area contributed by atoms with Gasteiger partial charge in [-0.25, -0.2) is 4.98 Å². The van der Waals surface area contributed by atoms with E-state index in [2.05, 4.69) is 15.6 Å². The highest BCUT2D eigenvalue weighted by atomic mass is 32.1. The number of alkyl halides is 3. The van der Waals surface area contributed by atoms with E-state index in [0.29, 0.717) is 21.7 Å². The summed E-state index contributed by atoms with van der Waals surface area (Å²) in [5.41, 5.74) is 0.852. The van der Waals surface area contributed by atoms with Crippen LogP contribution < -0.4 is 10.6 Å². The molecule has 154 valence electrons. The molecule has 2 N–H and O–H groups in total. The second-order valence-electron chi connectivity index (χ2n) is 6.26. The summed E-state index contributed by atoms with van der Waals surface area (Å²) in [5, 5.41) is 13.7. The fraction of sp³-hybridized carbons (Fsp3) is 0.200. The van der Waals surface area contributed by atoms with Crippen molar-refractivity contribution < 1.29 is 22.8 Å². The second-order valence-corrected chi connectivity index (χ2v) is 7.37. The van der Waals surface area contributed by atoms with E-state index >= 15 is 0 Å². The van der Waals surface area contributed by atoms with Gasteiger partial charge in [0.2, 0.25) is 11.8 Å². The molecular formula is C20H15F3N4O2S. The third kappa shape index (κ3) is 5.33. The molecule has 0 spiro atoms. The molecule has 0 fully saturated rings. The first-order valence-electron chi connectivity index (χ1n) is 8.73. The van der Waals surface area contributed by atoms with Crippen LogP contribution in [0.2, 0.25) is 0 Å². The molecule has 0 bridgehead atoms. The molecule has 30 heavy (non-hydrogen) atoms. The quantitative estimate of drug-likeness (QED) is 0.585. The number of rotatable bonds is 6. The van der Waals surface area contributed by atoms with Crippen LogP contribution in [-0.4, -0.2) is 29.9 Å². The molecule has 3 aromatic rings. The molecule has 6 nitrogen and oxygen atoms in total. The minimum Gasteiger partial charge on any atom is -0.347 e. The minimum absolute atomic E-state index is 0.0379. The van der Waals surface area contributed by atoms with Crippen LogP contribution in [0.5, 0.6) is 0 Å². The highest BCUT2D eigenvalue weighted by Crippen LogP contribution is 2.33. The average Bonchev–Trinajstić information content (AvgIpc) is 3.11. The molecule has 0 aliphatic carbocycles. The Balaban J connectivity index is 1.71. The van der Waals surface area contributed by atoms with E-state index in [1.807, 2.05) is 0 Å². The van der Waals surface area contributed by atoms with Gasteiger partial charge in [0.05, 0.1) is 34.8 Å². The van der Waals surface area contributed by atoms with Crippen LogP contribution in [0.25, 0.3) is 21.3 Å². The fourth-order valence-corrected chi connectivity index (χ4v) is 3.63. The van der Waals surface area contributed by atoms with E-state index in [0.717, 1.165) is 16.8 Å². The first-order chi connectivity index (χ1) is 14.3. The van der Waals surface area contributed by atoms with Crippen molar-refractivity contribution in [3.8, 4) is 17.2 Å². The van der Waals surface area contributed by atoms with Gasteiger partial charge in [0.1, 0.15) is 11.6 Å². The van der Waals surface area contributed by atoms with Crippen molar-refractivity contribution in [2.75, 3.05) is 13.1 Å². The number of carbonyl (C=O) groups excluding carboxylic acids is 2. The number of hydrogen-bond donors (Lipinski definition) is 2. The molecule has 3 rings (SSSR count). The molecule has 0 aliphatic rings. The number of amides is 2. The lowest BCUT2D eigenvalue weighted by atomic mass is 10.0. The lowest BCUT2D eigenvalue weighted by molar-refractivity contribution is -0.137. The molecule has 0 saturated carbocycles. The lowest BCUT2D eigenvalue weighted by Crippen LogP contribution is -2.37. The van der Waals surface area contributed by atoms with Gasteiger partial charge in [-0.1, -0.05) is 18.2 Å². The van der Waals surface area contributed by atoms with Gasteiger partial charge in [0.25, 0.3) is 0 Å². The van der Waals surface area contributed by atoms with E-state index < -0.39 is 23.6 Å². The monoisotopic (exact) mass is 432 g/mol. The minimum atomic E-state index is -4.42. The Morgan fingerprint density at radius 2 is 1.83 bits per heavy atom. The number of nitrogens with zero attached hydrogens (tertiary/aromatic N) is 2. The number of aromatic nitrogens is 1. The summed E-state index contributed by atoms with van der Waals surface area (Å²) in [6.07, 6.45) is -4.46. The van der Waals surface area contributed by atoms with E-state index in [9.17, 15) is 22.8 Å². The van der Waals surface area contributed by atoms with Crippen LogP contribution in [0.15, 0.2) is 42.5 Å².